The highest BCUT2D eigenvalue weighted by Crippen LogP contribution is 2.38. The van der Waals surface area contributed by atoms with Gasteiger partial charge < -0.3 is 10.3 Å². The average molecular weight is 494 g/mol. The van der Waals surface area contributed by atoms with Gasteiger partial charge in [0.25, 0.3) is 5.91 Å². The van der Waals surface area contributed by atoms with E-state index in [-0.39, 0.29) is 40.0 Å². The summed E-state index contributed by atoms with van der Waals surface area (Å²) in [5.41, 5.74) is 7.51. The normalized spacial score (nSPS) is 14.8. The summed E-state index contributed by atoms with van der Waals surface area (Å²) in [5.74, 6) is -0.738. The van der Waals surface area contributed by atoms with E-state index in [1.165, 1.54) is 28.6 Å². The van der Waals surface area contributed by atoms with Crippen LogP contribution >= 0.6 is 11.6 Å². The molecule has 11 heteroatoms. The van der Waals surface area contributed by atoms with E-state index >= 15 is 0 Å². The van der Waals surface area contributed by atoms with E-state index in [0.29, 0.717) is 11.4 Å². The van der Waals surface area contributed by atoms with Crippen molar-refractivity contribution in [1.82, 2.24) is 8.87 Å². The quantitative estimate of drug-likeness (QED) is 0.585. The second-order valence-corrected chi connectivity index (χ2v) is 11.8. The number of sulfonamides is 1. The molecule has 0 saturated carbocycles. The maximum atomic E-state index is 13.2. The van der Waals surface area contributed by atoms with Gasteiger partial charge >= 0.3 is 0 Å². The Morgan fingerprint density at radius 1 is 0.938 bits per heavy atom. The van der Waals surface area contributed by atoms with Crippen LogP contribution in [0.2, 0.25) is 5.02 Å². The fourth-order valence-electron chi connectivity index (χ4n) is 3.84. The third-order valence-electron chi connectivity index (χ3n) is 5.39. The summed E-state index contributed by atoms with van der Waals surface area (Å²) in [4.78, 5) is 12.2. The summed E-state index contributed by atoms with van der Waals surface area (Å²) >= 11 is 6.54. The summed E-state index contributed by atoms with van der Waals surface area (Å²) in [6, 6.07) is 14.3. The number of primary amides is 1. The molecule has 1 aliphatic rings. The van der Waals surface area contributed by atoms with Gasteiger partial charge in [-0.1, -0.05) is 41.9 Å². The highest BCUT2D eigenvalue weighted by molar-refractivity contribution is 7.90. The molecule has 0 radical (unpaired) electrons. The van der Waals surface area contributed by atoms with Crippen LogP contribution in [0.15, 0.2) is 64.4 Å². The predicted molar refractivity (Wildman–Crippen MR) is 121 cm³/mol. The molecule has 3 aromatic rings. The lowest BCUT2D eigenvalue weighted by atomic mass is 10.1. The standard InChI is InChI=1S/C21H20ClN3O5S2/c1-31(27,28)15-7-9-16(10-8-15)32(29,30)24-11-12-25-17(13-24)18(21(23)26)19(22)20(25)14-5-3-2-4-6-14/h2-10H,11-13H2,1H3,(H2,23,26). The molecule has 32 heavy (non-hydrogen) atoms. The number of sulfone groups is 1. The Labute approximate surface area is 191 Å². The van der Waals surface area contributed by atoms with Crippen molar-refractivity contribution >= 4 is 37.4 Å². The minimum atomic E-state index is -3.95. The Morgan fingerprint density at radius 3 is 2.09 bits per heavy atom. The van der Waals surface area contributed by atoms with Crippen LogP contribution in [0.3, 0.4) is 0 Å². The molecule has 2 heterocycles. The molecule has 0 unspecified atom stereocenters. The summed E-state index contributed by atoms with van der Waals surface area (Å²) in [5, 5.41) is 0.190. The highest BCUT2D eigenvalue weighted by atomic mass is 35.5. The molecule has 0 atom stereocenters. The topological polar surface area (TPSA) is 120 Å². The Morgan fingerprint density at radius 2 is 1.53 bits per heavy atom. The number of benzene rings is 2. The van der Waals surface area contributed by atoms with E-state index in [4.69, 9.17) is 17.3 Å². The van der Waals surface area contributed by atoms with Crippen molar-refractivity contribution in [1.29, 1.82) is 0 Å². The second-order valence-electron chi connectivity index (χ2n) is 7.45. The lowest BCUT2D eigenvalue weighted by Gasteiger charge is -2.29. The summed E-state index contributed by atoms with van der Waals surface area (Å²) in [7, 11) is -7.40. The van der Waals surface area contributed by atoms with Crippen LogP contribution in [-0.2, 0) is 33.0 Å². The monoisotopic (exact) mass is 493 g/mol. The zero-order valence-electron chi connectivity index (χ0n) is 17.0. The molecule has 0 bridgehead atoms. The minimum Gasteiger partial charge on any atom is -0.365 e. The maximum Gasteiger partial charge on any atom is 0.252 e. The van der Waals surface area contributed by atoms with Gasteiger partial charge in [-0.2, -0.15) is 4.31 Å². The fraction of sp³-hybridized carbons (Fsp3) is 0.190. The number of hydrogen-bond acceptors (Lipinski definition) is 5. The number of hydrogen-bond donors (Lipinski definition) is 1. The summed E-state index contributed by atoms with van der Waals surface area (Å²) in [6.07, 6.45) is 1.05. The van der Waals surface area contributed by atoms with Crippen molar-refractivity contribution in [3.05, 3.63) is 70.9 Å². The van der Waals surface area contributed by atoms with Crippen LogP contribution in [-0.4, -0.2) is 44.4 Å². The lowest BCUT2D eigenvalue weighted by Crippen LogP contribution is -2.39. The first-order chi connectivity index (χ1) is 15.0. The molecule has 168 valence electrons. The molecule has 1 aliphatic heterocycles. The first-order valence-corrected chi connectivity index (χ1v) is 13.3. The Bertz CT molecular complexity index is 1410. The molecule has 4 rings (SSSR count). The van der Waals surface area contributed by atoms with Gasteiger partial charge in [0.2, 0.25) is 10.0 Å². The number of rotatable bonds is 5. The molecule has 2 aromatic carbocycles. The van der Waals surface area contributed by atoms with Crippen LogP contribution in [0.4, 0.5) is 0 Å². The van der Waals surface area contributed by atoms with E-state index in [1.807, 2.05) is 34.9 Å². The number of aromatic nitrogens is 1. The molecule has 1 amide bonds. The molecule has 0 aliphatic carbocycles. The molecule has 1 aromatic heterocycles. The third kappa shape index (κ3) is 3.83. The predicted octanol–water partition coefficient (Wildman–Crippen LogP) is 2.52. The molecule has 0 fully saturated rings. The van der Waals surface area contributed by atoms with E-state index in [1.54, 1.807) is 0 Å². The largest absolute Gasteiger partial charge is 0.365 e. The van der Waals surface area contributed by atoms with Gasteiger partial charge in [-0.05, 0) is 29.8 Å². The van der Waals surface area contributed by atoms with Crippen molar-refractivity contribution in [2.75, 3.05) is 12.8 Å². The Balaban J connectivity index is 1.76. The van der Waals surface area contributed by atoms with E-state index in [2.05, 4.69) is 0 Å². The molecule has 0 spiro atoms. The van der Waals surface area contributed by atoms with Crippen LogP contribution in [0, 0.1) is 0 Å². The van der Waals surface area contributed by atoms with Gasteiger partial charge in [0.15, 0.2) is 9.84 Å². The summed E-state index contributed by atoms with van der Waals surface area (Å²) < 4.78 is 52.8. The lowest BCUT2D eigenvalue weighted by molar-refractivity contribution is 0.0998. The minimum absolute atomic E-state index is 0.0271. The van der Waals surface area contributed by atoms with Crippen LogP contribution in [0.5, 0.6) is 0 Å². The van der Waals surface area contributed by atoms with Crippen molar-refractivity contribution in [2.24, 2.45) is 5.73 Å². The zero-order valence-corrected chi connectivity index (χ0v) is 19.4. The number of halogens is 1. The zero-order chi connectivity index (χ0) is 23.3. The van der Waals surface area contributed by atoms with Crippen molar-refractivity contribution in [3.8, 4) is 11.3 Å². The fourth-order valence-corrected chi connectivity index (χ4v) is 6.28. The molecule has 8 nitrogen and oxygen atoms in total. The van der Waals surface area contributed by atoms with Gasteiger partial charge in [-0.3, -0.25) is 4.79 Å². The first kappa shape index (κ1) is 22.5. The molecule has 2 N–H and O–H groups in total. The second kappa shape index (κ2) is 8.04. The number of carbonyl (C=O) groups is 1. The van der Waals surface area contributed by atoms with Crippen LogP contribution in [0.25, 0.3) is 11.3 Å². The number of nitrogens with two attached hydrogens (primary N) is 1. The van der Waals surface area contributed by atoms with Gasteiger partial charge in [0, 0.05) is 25.0 Å². The highest BCUT2D eigenvalue weighted by Gasteiger charge is 2.34. The maximum absolute atomic E-state index is 13.2. The first-order valence-electron chi connectivity index (χ1n) is 9.58. The Kier molecular flexibility index (Phi) is 5.66. The number of fused-ring (bicyclic) bond motifs is 1. The van der Waals surface area contributed by atoms with Gasteiger partial charge in [-0.15, -0.1) is 0 Å². The number of nitrogens with zero attached hydrogens (tertiary/aromatic N) is 2. The third-order valence-corrected chi connectivity index (χ3v) is 8.75. The van der Waals surface area contributed by atoms with Crippen molar-refractivity contribution in [2.45, 2.75) is 22.9 Å². The number of carbonyl (C=O) groups excluding carboxylic acids is 1. The Hall–Kier alpha value is -2.66. The van der Waals surface area contributed by atoms with Gasteiger partial charge in [0.05, 0.1) is 32.6 Å². The molecular formula is C21H20ClN3O5S2. The average Bonchev–Trinajstić information content (AvgIpc) is 3.05. The summed E-state index contributed by atoms with van der Waals surface area (Å²) in [6.45, 7) is 0.320. The van der Waals surface area contributed by atoms with Crippen LogP contribution in [0.1, 0.15) is 16.1 Å². The smallest absolute Gasteiger partial charge is 0.252 e. The van der Waals surface area contributed by atoms with E-state index in [9.17, 15) is 21.6 Å². The van der Waals surface area contributed by atoms with E-state index in [0.717, 1.165) is 11.8 Å². The van der Waals surface area contributed by atoms with E-state index < -0.39 is 25.8 Å². The molecule has 0 saturated heterocycles. The van der Waals surface area contributed by atoms with Crippen molar-refractivity contribution in [3.63, 3.8) is 0 Å². The van der Waals surface area contributed by atoms with Crippen LogP contribution < -0.4 is 5.73 Å². The van der Waals surface area contributed by atoms with Gasteiger partial charge in [-0.25, -0.2) is 16.8 Å². The number of amides is 1. The SMILES string of the molecule is CS(=O)(=O)c1ccc(S(=O)(=O)N2CCn3c(c(C(N)=O)c(Cl)c3-c3ccccc3)C2)cc1. The molecular weight excluding hydrogens is 474 g/mol. The van der Waals surface area contributed by atoms with Gasteiger partial charge in [0.1, 0.15) is 0 Å². The van der Waals surface area contributed by atoms with Crippen molar-refractivity contribution < 1.29 is 21.6 Å².